The van der Waals surface area contributed by atoms with Crippen LogP contribution in [0.25, 0.3) is 0 Å². The molecule has 2 aliphatic heterocycles. The highest BCUT2D eigenvalue weighted by Crippen LogP contribution is 2.23. The van der Waals surface area contributed by atoms with E-state index < -0.39 is 34.1 Å². The molecule has 0 bridgehead atoms. The van der Waals surface area contributed by atoms with Gasteiger partial charge in [-0.15, -0.1) is 0 Å². The lowest BCUT2D eigenvalue weighted by Gasteiger charge is -2.34. The molecule has 2 rings (SSSR count). The fraction of sp³-hybridized carbons (Fsp3) is 0.818. The molecule has 0 saturated carbocycles. The molecule has 0 spiro atoms. The second-order valence-electron chi connectivity index (χ2n) is 5.02. The molecule has 19 heavy (non-hydrogen) atoms. The van der Waals surface area contributed by atoms with Gasteiger partial charge >= 0.3 is 5.97 Å². The quantitative estimate of drug-likeness (QED) is 0.719. The van der Waals surface area contributed by atoms with Gasteiger partial charge in [-0.1, -0.05) is 0 Å². The van der Waals surface area contributed by atoms with E-state index in [1.807, 2.05) is 0 Å². The molecule has 108 valence electrons. The summed E-state index contributed by atoms with van der Waals surface area (Å²) in [5.74, 6) is -1.46. The van der Waals surface area contributed by atoms with Crippen molar-refractivity contribution in [2.75, 3.05) is 18.1 Å². The number of sulfone groups is 1. The molecule has 0 aromatic heterocycles. The molecule has 3 atom stereocenters. The lowest BCUT2D eigenvalue weighted by molar-refractivity contribution is -0.155. The summed E-state index contributed by atoms with van der Waals surface area (Å²) in [5.41, 5.74) is 0. The molecule has 2 aliphatic rings. The second kappa shape index (κ2) is 5.09. The summed E-state index contributed by atoms with van der Waals surface area (Å²) in [6.07, 6.45) is -1.01. The van der Waals surface area contributed by atoms with Gasteiger partial charge in [0.2, 0.25) is 0 Å². The highest BCUT2D eigenvalue weighted by Gasteiger charge is 2.40. The van der Waals surface area contributed by atoms with Crippen LogP contribution in [0, 0.1) is 0 Å². The molecule has 2 saturated heterocycles. The van der Waals surface area contributed by atoms with Crippen LogP contribution in [0.3, 0.4) is 0 Å². The zero-order valence-corrected chi connectivity index (χ0v) is 11.4. The van der Waals surface area contributed by atoms with Gasteiger partial charge in [0.15, 0.2) is 15.9 Å². The Bertz CT molecular complexity index is 487. The third-order valence-corrected chi connectivity index (χ3v) is 5.32. The van der Waals surface area contributed by atoms with Crippen LogP contribution >= 0.6 is 0 Å². The standard InChI is InChI=1S/C11H17NO6S/c1-7-6-19(16,17)5-4-12(7)10(13)8-2-3-9(18-8)11(14)15/h7-9H,2-6H2,1H3,(H,14,15)/t7?,8-,9+/m0/s1. The molecule has 0 aromatic rings. The minimum Gasteiger partial charge on any atom is -0.479 e. The van der Waals surface area contributed by atoms with E-state index >= 15 is 0 Å². The fourth-order valence-corrected chi connectivity index (χ4v) is 4.07. The van der Waals surface area contributed by atoms with Crippen LogP contribution in [0.2, 0.25) is 0 Å². The number of carboxylic acids is 1. The molecule has 0 aromatic carbocycles. The number of rotatable bonds is 2. The molecule has 2 fully saturated rings. The van der Waals surface area contributed by atoms with E-state index in [2.05, 4.69) is 0 Å². The third kappa shape index (κ3) is 3.06. The number of carboxylic acid groups (broad SMARTS) is 1. The van der Waals surface area contributed by atoms with Gasteiger partial charge in [0.05, 0.1) is 11.5 Å². The van der Waals surface area contributed by atoms with Crippen molar-refractivity contribution in [2.45, 2.75) is 38.0 Å². The lowest BCUT2D eigenvalue weighted by Crippen LogP contribution is -2.52. The SMILES string of the molecule is CC1CS(=O)(=O)CCN1C(=O)[C@@H]1CC[C@H](C(=O)O)O1. The van der Waals surface area contributed by atoms with Gasteiger partial charge in [-0.05, 0) is 19.8 Å². The molecular formula is C11H17NO6S. The number of hydrogen-bond acceptors (Lipinski definition) is 5. The summed E-state index contributed by atoms with van der Waals surface area (Å²) in [4.78, 5) is 24.5. The first-order valence-electron chi connectivity index (χ1n) is 6.19. The maximum Gasteiger partial charge on any atom is 0.332 e. The highest BCUT2D eigenvalue weighted by molar-refractivity contribution is 7.91. The number of carbonyl (C=O) groups excluding carboxylic acids is 1. The topological polar surface area (TPSA) is 101 Å². The van der Waals surface area contributed by atoms with Crippen LogP contribution < -0.4 is 0 Å². The monoisotopic (exact) mass is 291 g/mol. The molecule has 1 amide bonds. The predicted octanol–water partition coefficient (Wildman–Crippen LogP) is -0.736. The molecule has 0 aliphatic carbocycles. The first kappa shape index (κ1) is 14.3. The van der Waals surface area contributed by atoms with Crippen molar-refractivity contribution >= 4 is 21.7 Å². The molecular weight excluding hydrogens is 274 g/mol. The van der Waals surface area contributed by atoms with Crippen molar-refractivity contribution in [3.05, 3.63) is 0 Å². The normalized spacial score (nSPS) is 34.2. The molecule has 8 heteroatoms. The number of nitrogens with zero attached hydrogens (tertiary/aromatic N) is 1. The number of hydrogen-bond donors (Lipinski definition) is 1. The molecule has 7 nitrogen and oxygen atoms in total. The molecule has 2 heterocycles. The minimum absolute atomic E-state index is 0.0435. The summed E-state index contributed by atoms with van der Waals surface area (Å²) >= 11 is 0. The van der Waals surface area contributed by atoms with Crippen LogP contribution in [0.15, 0.2) is 0 Å². The second-order valence-corrected chi connectivity index (χ2v) is 7.25. The summed E-state index contributed by atoms with van der Waals surface area (Å²) in [7, 11) is -3.07. The van der Waals surface area contributed by atoms with Crippen LogP contribution in [-0.2, 0) is 24.2 Å². The Morgan fingerprint density at radius 2 is 1.89 bits per heavy atom. The average Bonchev–Trinajstić information content (AvgIpc) is 2.76. The van der Waals surface area contributed by atoms with Gasteiger partial charge in [-0.25, -0.2) is 13.2 Å². The van der Waals surface area contributed by atoms with Gasteiger partial charge in [-0.2, -0.15) is 0 Å². The van der Waals surface area contributed by atoms with E-state index in [9.17, 15) is 18.0 Å². The predicted molar refractivity (Wildman–Crippen MR) is 65.4 cm³/mol. The smallest absolute Gasteiger partial charge is 0.332 e. The van der Waals surface area contributed by atoms with E-state index in [0.29, 0.717) is 12.8 Å². The van der Waals surface area contributed by atoms with Crippen LogP contribution in [0.4, 0.5) is 0 Å². The number of amides is 1. The van der Waals surface area contributed by atoms with E-state index in [1.165, 1.54) is 4.90 Å². The first-order chi connectivity index (χ1) is 8.80. The van der Waals surface area contributed by atoms with Crippen molar-refractivity contribution in [3.63, 3.8) is 0 Å². The summed E-state index contributed by atoms with van der Waals surface area (Å²) in [6, 6.07) is -0.390. The Labute approximate surface area is 111 Å². The Morgan fingerprint density at radius 1 is 1.26 bits per heavy atom. The van der Waals surface area contributed by atoms with Gasteiger partial charge in [0, 0.05) is 12.6 Å². The Hall–Kier alpha value is -1.15. The van der Waals surface area contributed by atoms with Gasteiger partial charge < -0.3 is 14.7 Å². The zero-order chi connectivity index (χ0) is 14.2. The highest BCUT2D eigenvalue weighted by atomic mass is 32.2. The zero-order valence-electron chi connectivity index (χ0n) is 10.6. The largest absolute Gasteiger partial charge is 0.479 e. The maximum absolute atomic E-state index is 12.2. The molecule has 0 radical (unpaired) electrons. The Morgan fingerprint density at radius 3 is 2.42 bits per heavy atom. The van der Waals surface area contributed by atoms with Crippen LogP contribution in [0.5, 0.6) is 0 Å². The van der Waals surface area contributed by atoms with Crippen molar-refractivity contribution < 1.29 is 27.9 Å². The third-order valence-electron chi connectivity index (χ3n) is 3.52. The van der Waals surface area contributed by atoms with Gasteiger partial charge in [-0.3, -0.25) is 4.79 Å². The van der Waals surface area contributed by atoms with Gasteiger partial charge in [0.1, 0.15) is 6.10 Å². The Kier molecular flexibility index (Phi) is 3.82. The summed E-state index contributed by atoms with van der Waals surface area (Å²) in [6.45, 7) is 1.83. The summed E-state index contributed by atoms with van der Waals surface area (Å²) in [5, 5.41) is 8.81. The van der Waals surface area contributed by atoms with E-state index in [0.717, 1.165) is 0 Å². The number of aliphatic carboxylic acids is 1. The average molecular weight is 291 g/mol. The maximum atomic E-state index is 12.2. The summed E-state index contributed by atoms with van der Waals surface area (Å²) < 4.78 is 28.1. The first-order valence-corrected chi connectivity index (χ1v) is 8.01. The minimum atomic E-state index is -3.07. The van der Waals surface area contributed by atoms with E-state index in [-0.39, 0.29) is 24.0 Å². The Balaban J connectivity index is 2.00. The van der Waals surface area contributed by atoms with Gasteiger partial charge in [0.25, 0.3) is 5.91 Å². The van der Waals surface area contributed by atoms with E-state index in [1.54, 1.807) is 6.92 Å². The number of carbonyl (C=O) groups is 2. The van der Waals surface area contributed by atoms with E-state index in [4.69, 9.17) is 9.84 Å². The van der Waals surface area contributed by atoms with Crippen LogP contribution in [-0.4, -0.2) is 66.6 Å². The van der Waals surface area contributed by atoms with Crippen molar-refractivity contribution in [2.24, 2.45) is 0 Å². The fourth-order valence-electron chi connectivity index (χ4n) is 2.51. The van der Waals surface area contributed by atoms with Crippen LogP contribution in [0.1, 0.15) is 19.8 Å². The lowest BCUT2D eigenvalue weighted by atomic mass is 10.1. The molecule has 1 unspecified atom stereocenters. The van der Waals surface area contributed by atoms with Crippen molar-refractivity contribution in [1.29, 1.82) is 0 Å². The number of ether oxygens (including phenoxy) is 1. The molecule has 1 N–H and O–H groups in total. The van der Waals surface area contributed by atoms with Crippen molar-refractivity contribution in [1.82, 2.24) is 4.90 Å². The van der Waals surface area contributed by atoms with Crippen molar-refractivity contribution in [3.8, 4) is 0 Å².